The van der Waals surface area contributed by atoms with E-state index in [2.05, 4.69) is 33.0 Å². The number of hydrogen-bond acceptors (Lipinski definition) is 1. The van der Waals surface area contributed by atoms with Crippen LogP contribution in [0.3, 0.4) is 0 Å². The van der Waals surface area contributed by atoms with Gasteiger partial charge in [0.05, 0.1) is 0 Å². The molecule has 0 aromatic heterocycles. The highest BCUT2D eigenvalue weighted by Crippen LogP contribution is 2.15. The number of hydrogen-bond donors (Lipinski definition) is 1. The molecule has 0 aromatic carbocycles. The molecule has 0 amide bonds. The zero-order valence-electron chi connectivity index (χ0n) is 25.9. The van der Waals surface area contributed by atoms with Crippen LogP contribution in [0.15, 0.2) is 0 Å². The molecule has 36 heavy (non-hydrogen) atoms. The molecule has 0 bridgehead atoms. The fourth-order valence-corrected chi connectivity index (χ4v) is 5.59. The Labute approximate surface area is 236 Å². The predicted molar refractivity (Wildman–Crippen MR) is 170 cm³/mol. The van der Waals surface area contributed by atoms with Gasteiger partial charge in [0.25, 0.3) is 0 Å². The predicted octanol–water partition coefficient (Wildman–Crippen LogP) is 12.7. The minimum Gasteiger partial charge on any atom is -0.312 e. The molecule has 0 spiro atoms. The monoisotopic (exact) mass is 530 g/mol. The zero-order valence-corrected chi connectivity index (χ0v) is 26.7. The lowest BCUT2D eigenvalue weighted by atomic mass is 10.0. The fraction of sp³-hybridized carbons (Fsp3) is 1.00. The second-order valence-electron chi connectivity index (χ2n) is 12.0. The molecule has 0 aliphatic rings. The molecule has 2 unspecified atom stereocenters. The second-order valence-corrected chi connectivity index (χ2v) is 12.0. The summed E-state index contributed by atoms with van der Waals surface area (Å²) in [5.41, 5.74) is 0. The van der Waals surface area contributed by atoms with Crippen LogP contribution in [0, 0.1) is 0 Å². The van der Waals surface area contributed by atoms with Crippen molar-refractivity contribution in [2.75, 3.05) is 0 Å². The Morgan fingerprint density at radius 2 is 0.528 bits per heavy atom. The van der Waals surface area contributed by atoms with Gasteiger partial charge in [-0.05, 0) is 26.7 Å². The smallest absolute Gasteiger partial charge is 0.00412 e. The van der Waals surface area contributed by atoms with Crippen molar-refractivity contribution < 1.29 is 0 Å². The van der Waals surface area contributed by atoms with Crippen molar-refractivity contribution in [2.24, 2.45) is 0 Å². The Kier molecular flexibility index (Phi) is 35.5. The van der Waals surface area contributed by atoms with Crippen LogP contribution in [0.2, 0.25) is 0 Å². The molecular weight excluding hydrogens is 458 g/mol. The molecule has 0 radical (unpaired) electrons. The average molecular weight is 530 g/mol. The first kappa shape index (κ1) is 38.4. The van der Waals surface area contributed by atoms with Crippen LogP contribution in [0.5, 0.6) is 0 Å². The van der Waals surface area contributed by atoms with Crippen molar-refractivity contribution in [1.29, 1.82) is 0 Å². The maximum absolute atomic E-state index is 3.87. The van der Waals surface area contributed by atoms with Crippen molar-refractivity contribution in [3.63, 3.8) is 0 Å². The van der Waals surface area contributed by atoms with Gasteiger partial charge in [0.1, 0.15) is 0 Å². The van der Waals surface area contributed by atoms with Gasteiger partial charge in [-0.2, -0.15) is 0 Å². The van der Waals surface area contributed by atoms with E-state index in [9.17, 15) is 0 Å². The van der Waals surface area contributed by atoms with Crippen molar-refractivity contribution in [1.82, 2.24) is 5.32 Å². The second kappa shape index (κ2) is 33.3. The number of nitrogens with one attached hydrogen (secondary N) is 1. The summed E-state index contributed by atoms with van der Waals surface area (Å²) in [5.74, 6) is 0. The van der Waals surface area contributed by atoms with Crippen LogP contribution in [-0.4, -0.2) is 12.1 Å². The van der Waals surface area contributed by atoms with Crippen molar-refractivity contribution in [3.05, 3.63) is 0 Å². The third-order valence-electron chi connectivity index (χ3n) is 8.05. The summed E-state index contributed by atoms with van der Waals surface area (Å²) in [4.78, 5) is 0. The summed E-state index contributed by atoms with van der Waals surface area (Å²) >= 11 is 0. The lowest BCUT2D eigenvalue weighted by molar-refractivity contribution is 0.402. The minimum atomic E-state index is 0. The van der Waals surface area contributed by atoms with Gasteiger partial charge >= 0.3 is 0 Å². The van der Waals surface area contributed by atoms with Crippen molar-refractivity contribution >= 4 is 12.4 Å². The Morgan fingerprint density at radius 1 is 0.333 bits per heavy atom. The lowest BCUT2D eigenvalue weighted by Crippen LogP contribution is -2.34. The summed E-state index contributed by atoms with van der Waals surface area (Å²) in [7, 11) is 0. The van der Waals surface area contributed by atoms with Crippen LogP contribution in [-0.2, 0) is 0 Å². The molecule has 0 saturated carbocycles. The van der Waals surface area contributed by atoms with Gasteiger partial charge in [0.15, 0.2) is 0 Å². The zero-order chi connectivity index (χ0) is 25.7. The summed E-state index contributed by atoms with van der Waals surface area (Å²) < 4.78 is 0. The highest BCUT2D eigenvalue weighted by Gasteiger charge is 2.07. The van der Waals surface area contributed by atoms with Crippen molar-refractivity contribution in [2.45, 2.75) is 220 Å². The van der Waals surface area contributed by atoms with Crippen LogP contribution in [0.4, 0.5) is 0 Å². The lowest BCUT2D eigenvalue weighted by Gasteiger charge is -2.20. The van der Waals surface area contributed by atoms with E-state index in [1.807, 2.05) is 0 Å². The first-order valence-corrected chi connectivity index (χ1v) is 17.0. The van der Waals surface area contributed by atoms with E-state index in [1.54, 1.807) is 0 Å². The fourth-order valence-electron chi connectivity index (χ4n) is 5.59. The number of rotatable bonds is 30. The number of unbranched alkanes of at least 4 members (excludes halogenated alkanes) is 24. The van der Waals surface area contributed by atoms with E-state index in [1.165, 1.54) is 180 Å². The van der Waals surface area contributed by atoms with Gasteiger partial charge < -0.3 is 5.32 Å². The van der Waals surface area contributed by atoms with E-state index >= 15 is 0 Å². The van der Waals surface area contributed by atoms with E-state index in [0.717, 1.165) is 0 Å². The summed E-state index contributed by atoms with van der Waals surface area (Å²) in [6, 6.07) is 1.39. The maximum atomic E-state index is 3.87. The highest BCUT2D eigenvalue weighted by atomic mass is 35.5. The van der Waals surface area contributed by atoms with Crippen LogP contribution >= 0.6 is 12.4 Å². The molecule has 2 atom stereocenters. The minimum absolute atomic E-state index is 0. The van der Waals surface area contributed by atoms with E-state index < -0.39 is 0 Å². The van der Waals surface area contributed by atoms with Gasteiger partial charge in [0, 0.05) is 12.1 Å². The van der Waals surface area contributed by atoms with E-state index in [-0.39, 0.29) is 12.4 Å². The molecule has 1 nitrogen and oxygen atoms in total. The summed E-state index contributed by atoms with van der Waals surface area (Å²) in [6.45, 7) is 9.42. The Balaban J connectivity index is 0. The van der Waals surface area contributed by atoms with Crippen LogP contribution in [0.1, 0.15) is 207 Å². The molecule has 0 heterocycles. The summed E-state index contributed by atoms with van der Waals surface area (Å²) in [5, 5.41) is 3.87. The molecule has 0 saturated heterocycles. The molecule has 0 aliphatic heterocycles. The molecular formula is C34H72ClN. The third-order valence-corrected chi connectivity index (χ3v) is 8.05. The van der Waals surface area contributed by atoms with Gasteiger partial charge in [0.2, 0.25) is 0 Å². The summed E-state index contributed by atoms with van der Waals surface area (Å²) in [6.07, 6.45) is 40.5. The third kappa shape index (κ3) is 32.3. The molecule has 0 aromatic rings. The first-order valence-electron chi connectivity index (χ1n) is 17.0. The average Bonchev–Trinajstić information content (AvgIpc) is 2.85. The van der Waals surface area contributed by atoms with Gasteiger partial charge in [-0.3, -0.25) is 0 Å². The van der Waals surface area contributed by atoms with Gasteiger partial charge in [-0.25, -0.2) is 0 Å². The quantitative estimate of drug-likeness (QED) is 0.0911. The standard InChI is InChI=1S/C34H71N.ClH/c1-5-7-9-11-13-15-17-19-21-23-25-27-29-31-33(3)35-34(4)32-30-28-26-24-22-20-18-16-14-12-10-8-6-2;/h33-35H,5-32H2,1-4H3;1H. The Bertz CT molecular complexity index is 338. The molecule has 0 aliphatic carbocycles. The topological polar surface area (TPSA) is 12.0 Å². The number of halogens is 1. The maximum Gasteiger partial charge on any atom is 0.00412 e. The molecule has 2 heteroatoms. The van der Waals surface area contributed by atoms with Crippen molar-refractivity contribution in [3.8, 4) is 0 Å². The van der Waals surface area contributed by atoms with Gasteiger partial charge in [-0.15, -0.1) is 12.4 Å². The molecule has 0 fully saturated rings. The van der Waals surface area contributed by atoms with E-state index in [0.29, 0.717) is 12.1 Å². The van der Waals surface area contributed by atoms with Gasteiger partial charge in [-0.1, -0.05) is 181 Å². The largest absolute Gasteiger partial charge is 0.312 e. The highest BCUT2D eigenvalue weighted by molar-refractivity contribution is 5.85. The Morgan fingerprint density at radius 3 is 0.750 bits per heavy atom. The Hall–Kier alpha value is 0.250. The van der Waals surface area contributed by atoms with Crippen LogP contribution in [0.25, 0.3) is 0 Å². The van der Waals surface area contributed by atoms with E-state index in [4.69, 9.17) is 0 Å². The van der Waals surface area contributed by atoms with Crippen LogP contribution < -0.4 is 5.32 Å². The molecule has 220 valence electrons. The first-order chi connectivity index (χ1) is 17.2. The normalized spacial score (nSPS) is 13.0. The molecule has 1 N–H and O–H groups in total. The SMILES string of the molecule is CCCCCCCCCCCCCCCC(C)NC(C)CCCCCCCCCCCCCCC.Cl. The molecule has 0 rings (SSSR count).